The highest BCUT2D eigenvalue weighted by molar-refractivity contribution is 5.88. The molecule has 6 nitrogen and oxygen atoms in total. The van der Waals surface area contributed by atoms with Crippen LogP contribution in [0.3, 0.4) is 0 Å². The molecular formula is C28H29N3O3. The van der Waals surface area contributed by atoms with Gasteiger partial charge < -0.3 is 14.4 Å². The predicted octanol–water partition coefficient (Wildman–Crippen LogP) is 5.30. The molecule has 0 amide bonds. The highest BCUT2D eigenvalue weighted by Gasteiger charge is 2.33. The van der Waals surface area contributed by atoms with Crippen molar-refractivity contribution in [1.82, 2.24) is 4.90 Å². The molecule has 6 heteroatoms. The minimum atomic E-state index is -0.544. The number of anilines is 1. The first-order valence-electron chi connectivity index (χ1n) is 11.3. The zero-order valence-electron chi connectivity index (χ0n) is 19.6. The fourth-order valence-electron chi connectivity index (χ4n) is 4.30. The molecule has 0 saturated heterocycles. The quantitative estimate of drug-likeness (QED) is 0.214. The van der Waals surface area contributed by atoms with Crippen molar-refractivity contribution in [3.05, 3.63) is 106 Å². The van der Waals surface area contributed by atoms with Crippen molar-refractivity contribution in [3.63, 3.8) is 0 Å². The molecule has 0 aliphatic rings. The molecule has 0 spiro atoms. The van der Waals surface area contributed by atoms with E-state index in [0.717, 1.165) is 17.0 Å². The number of fused-ring (bicyclic) bond motifs is 1. The van der Waals surface area contributed by atoms with Crippen molar-refractivity contribution in [2.45, 2.75) is 12.8 Å². The van der Waals surface area contributed by atoms with Crippen molar-refractivity contribution >= 4 is 22.4 Å². The molecule has 0 saturated carbocycles. The number of aromatic hydroxyl groups is 1. The molecule has 0 aliphatic carbocycles. The molecule has 4 aromatic rings. The monoisotopic (exact) mass is 455 g/mol. The van der Waals surface area contributed by atoms with Crippen LogP contribution in [0.4, 0.5) is 5.69 Å². The van der Waals surface area contributed by atoms with E-state index in [1.54, 1.807) is 18.2 Å². The number of rotatable bonds is 8. The van der Waals surface area contributed by atoms with Crippen LogP contribution in [0.25, 0.3) is 11.0 Å². The number of hydrogen-bond acceptors (Lipinski definition) is 6. The summed E-state index contributed by atoms with van der Waals surface area (Å²) < 4.78 is 5.66. The average molecular weight is 456 g/mol. The largest absolute Gasteiger partial charge is 0.507 e. The third-order valence-electron chi connectivity index (χ3n) is 5.93. The van der Waals surface area contributed by atoms with E-state index in [1.807, 2.05) is 87.7 Å². The second-order valence-electron chi connectivity index (χ2n) is 8.64. The van der Waals surface area contributed by atoms with E-state index in [-0.39, 0.29) is 17.2 Å². The summed E-state index contributed by atoms with van der Waals surface area (Å²) in [5, 5.41) is 16.5. The number of hydrazone groups is 1. The predicted molar refractivity (Wildman–Crippen MR) is 138 cm³/mol. The van der Waals surface area contributed by atoms with Gasteiger partial charge in [-0.05, 0) is 50.8 Å². The summed E-state index contributed by atoms with van der Waals surface area (Å²) >= 11 is 0. The van der Waals surface area contributed by atoms with Gasteiger partial charge in [-0.2, -0.15) is 5.10 Å². The summed E-state index contributed by atoms with van der Waals surface area (Å²) in [5.41, 5.74) is 5.76. The lowest BCUT2D eigenvalue weighted by molar-refractivity contribution is 0.346. The molecule has 3 aromatic carbocycles. The van der Waals surface area contributed by atoms with E-state index in [0.29, 0.717) is 17.5 Å². The van der Waals surface area contributed by atoms with E-state index in [2.05, 4.69) is 15.4 Å². The van der Waals surface area contributed by atoms with Crippen LogP contribution in [0.5, 0.6) is 5.75 Å². The summed E-state index contributed by atoms with van der Waals surface area (Å²) in [5.74, 6) is -0.734. The van der Waals surface area contributed by atoms with Gasteiger partial charge in [0.15, 0.2) is 0 Å². The highest BCUT2D eigenvalue weighted by atomic mass is 16.4. The number of nitrogens with one attached hydrogen (secondary N) is 1. The van der Waals surface area contributed by atoms with Gasteiger partial charge in [0.1, 0.15) is 11.3 Å². The Balaban J connectivity index is 1.88. The smallest absolute Gasteiger partial charge is 0.343 e. The van der Waals surface area contributed by atoms with Gasteiger partial charge in [-0.25, -0.2) is 4.79 Å². The summed E-state index contributed by atoms with van der Waals surface area (Å²) in [6.45, 7) is 2.55. The summed E-state index contributed by atoms with van der Waals surface area (Å²) in [7, 11) is 3.96. The fourth-order valence-corrected chi connectivity index (χ4v) is 4.30. The van der Waals surface area contributed by atoms with Crippen LogP contribution in [0.2, 0.25) is 0 Å². The van der Waals surface area contributed by atoms with Crippen LogP contribution in [-0.2, 0) is 0 Å². The SMILES string of the molecule is C/C(=N\Nc1ccccc1)C(CN(C)C)C(c1ccccc1)c1c(O)c2ccccc2oc1=O. The standard InChI is InChI=1S/C28H29N3O3/c1-19(29-30-21-14-8-5-9-15-21)23(18-31(2)3)25(20-12-6-4-7-13-20)26-27(32)22-16-10-11-17-24(22)34-28(26)33/h4-17,23,25,30,32H,18H2,1-3H3/b29-19+. The summed E-state index contributed by atoms with van der Waals surface area (Å²) in [6.07, 6.45) is 0. The van der Waals surface area contributed by atoms with Crippen molar-refractivity contribution in [3.8, 4) is 5.75 Å². The third kappa shape index (κ3) is 5.02. The Hall–Kier alpha value is -3.90. The average Bonchev–Trinajstić information content (AvgIpc) is 2.85. The third-order valence-corrected chi connectivity index (χ3v) is 5.93. The second-order valence-corrected chi connectivity index (χ2v) is 8.64. The molecule has 174 valence electrons. The zero-order chi connectivity index (χ0) is 24.1. The molecule has 2 N–H and O–H groups in total. The van der Waals surface area contributed by atoms with E-state index in [4.69, 9.17) is 4.42 Å². The number of benzene rings is 3. The van der Waals surface area contributed by atoms with Crippen LogP contribution in [0.15, 0.2) is 99.2 Å². The number of para-hydroxylation sites is 2. The first kappa shape index (κ1) is 23.3. The van der Waals surface area contributed by atoms with Gasteiger partial charge in [-0.15, -0.1) is 0 Å². The molecule has 0 bridgehead atoms. The lowest BCUT2D eigenvalue weighted by Crippen LogP contribution is -2.34. The molecule has 4 rings (SSSR count). The molecule has 34 heavy (non-hydrogen) atoms. The first-order valence-corrected chi connectivity index (χ1v) is 11.3. The molecule has 2 atom stereocenters. The minimum absolute atomic E-state index is 0.0479. The summed E-state index contributed by atoms with van der Waals surface area (Å²) in [6, 6.07) is 26.5. The van der Waals surface area contributed by atoms with Crippen molar-refractivity contribution in [1.29, 1.82) is 0 Å². The molecule has 0 radical (unpaired) electrons. The Labute approximate surface area is 199 Å². The second kappa shape index (κ2) is 10.4. The molecule has 1 aromatic heterocycles. The Morgan fingerprint density at radius 3 is 2.26 bits per heavy atom. The van der Waals surface area contributed by atoms with Gasteiger partial charge in [-0.3, -0.25) is 5.43 Å². The van der Waals surface area contributed by atoms with Gasteiger partial charge in [0, 0.05) is 24.1 Å². The molecule has 1 heterocycles. The van der Waals surface area contributed by atoms with Crippen molar-refractivity contribution < 1.29 is 9.52 Å². The number of nitrogens with zero attached hydrogens (tertiary/aromatic N) is 2. The Morgan fingerprint density at radius 2 is 1.59 bits per heavy atom. The van der Waals surface area contributed by atoms with Crippen molar-refractivity contribution in [2.24, 2.45) is 11.0 Å². The first-order chi connectivity index (χ1) is 16.5. The lowest BCUT2D eigenvalue weighted by atomic mass is 9.78. The van der Waals surface area contributed by atoms with E-state index >= 15 is 0 Å². The Kier molecular flexibility index (Phi) is 7.09. The summed E-state index contributed by atoms with van der Waals surface area (Å²) in [4.78, 5) is 15.3. The van der Waals surface area contributed by atoms with Crippen molar-refractivity contribution in [2.75, 3.05) is 26.1 Å². The van der Waals surface area contributed by atoms with Crippen LogP contribution in [0, 0.1) is 5.92 Å². The molecule has 0 fully saturated rings. The highest BCUT2D eigenvalue weighted by Crippen LogP contribution is 2.39. The maximum Gasteiger partial charge on any atom is 0.343 e. The van der Waals surface area contributed by atoms with E-state index < -0.39 is 11.5 Å². The lowest BCUT2D eigenvalue weighted by Gasteiger charge is -2.30. The number of hydrogen-bond donors (Lipinski definition) is 2. The Morgan fingerprint density at radius 1 is 0.971 bits per heavy atom. The fraction of sp³-hybridized carbons (Fsp3) is 0.214. The molecular weight excluding hydrogens is 426 g/mol. The van der Waals surface area contributed by atoms with Crippen LogP contribution in [-0.4, -0.2) is 36.4 Å². The van der Waals surface area contributed by atoms with Crippen LogP contribution < -0.4 is 11.1 Å². The molecule has 0 aliphatic heterocycles. The minimum Gasteiger partial charge on any atom is -0.507 e. The molecule has 2 unspecified atom stereocenters. The zero-order valence-corrected chi connectivity index (χ0v) is 19.6. The Bertz CT molecular complexity index is 1330. The van der Waals surface area contributed by atoms with Crippen LogP contribution >= 0.6 is 0 Å². The van der Waals surface area contributed by atoms with Gasteiger partial charge >= 0.3 is 5.63 Å². The van der Waals surface area contributed by atoms with Gasteiger partial charge in [-0.1, -0.05) is 60.7 Å². The normalized spacial score (nSPS) is 13.7. The van der Waals surface area contributed by atoms with Gasteiger partial charge in [0.2, 0.25) is 0 Å². The van der Waals surface area contributed by atoms with Gasteiger partial charge in [0.25, 0.3) is 0 Å². The van der Waals surface area contributed by atoms with E-state index in [1.165, 1.54) is 0 Å². The maximum absolute atomic E-state index is 13.3. The van der Waals surface area contributed by atoms with Gasteiger partial charge in [0.05, 0.1) is 16.6 Å². The van der Waals surface area contributed by atoms with Crippen LogP contribution in [0.1, 0.15) is 24.0 Å². The topological polar surface area (TPSA) is 78.1 Å². The maximum atomic E-state index is 13.3. The van der Waals surface area contributed by atoms with E-state index in [9.17, 15) is 9.90 Å².